The molecular formula is C23H30N2O3S. The third-order valence-electron chi connectivity index (χ3n) is 5.08. The van der Waals surface area contributed by atoms with Crippen LogP contribution >= 0.6 is 11.3 Å². The molecule has 0 fully saturated rings. The normalized spacial score (nSPS) is 17.1. The second-order valence-corrected chi connectivity index (χ2v) is 8.61. The zero-order chi connectivity index (χ0) is 20.8. The molecule has 0 saturated carbocycles. The van der Waals surface area contributed by atoms with Crippen LogP contribution < -0.4 is 4.74 Å². The number of rotatable bonds is 9. The first-order valence-electron chi connectivity index (χ1n) is 10.0. The molecule has 0 spiro atoms. The highest BCUT2D eigenvalue weighted by Crippen LogP contribution is 2.34. The Bertz CT molecular complexity index is 833. The predicted molar refractivity (Wildman–Crippen MR) is 117 cm³/mol. The number of carbonyl (C=O) groups is 1. The molecule has 1 amide bonds. The molecule has 1 aromatic carbocycles. The van der Waals surface area contributed by atoms with E-state index in [0.29, 0.717) is 26.2 Å². The number of aliphatic hydroxyl groups is 1. The Kier molecular flexibility index (Phi) is 7.47. The Labute approximate surface area is 177 Å². The number of fused-ring (bicyclic) bond motifs is 1. The average Bonchev–Trinajstić information content (AvgIpc) is 3.14. The number of nitrogens with zero attached hydrogens (tertiary/aromatic N) is 2. The number of benzene rings is 1. The fourth-order valence-electron chi connectivity index (χ4n) is 3.80. The number of aliphatic hydroxyl groups excluding tert-OH is 1. The molecule has 0 aliphatic carbocycles. The Balaban J connectivity index is 1.74. The fourth-order valence-corrected chi connectivity index (χ4v) is 4.73. The molecule has 2 atom stereocenters. The number of hydrogen-bond donors (Lipinski definition) is 1. The van der Waals surface area contributed by atoms with E-state index in [1.807, 2.05) is 41.0 Å². The van der Waals surface area contributed by atoms with E-state index in [-0.39, 0.29) is 18.5 Å². The van der Waals surface area contributed by atoms with Crippen molar-refractivity contribution in [3.8, 4) is 5.75 Å². The van der Waals surface area contributed by atoms with E-state index < -0.39 is 6.10 Å². The highest BCUT2D eigenvalue weighted by atomic mass is 32.1. The summed E-state index contributed by atoms with van der Waals surface area (Å²) in [4.78, 5) is 18.4. The van der Waals surface area contributed by atoms with Gasteiger partial charge < -0.3 is 14.7 Å². The summed E-state index contributed by atoms with van der Waals surface area (Å²) in [6.45, 7) is 9.93. The number of thiophene rings is 1. The van der Waals surface area contributed by atoms with Gasteiger partial charge in [-0.3, -0.25) is 9.69 Å². The summed E-state index contributed by atoms with van der Waals surface area (Å²) < 4.78 is 6.09. The lowest BCUT2D eigenvalue weighted by atomic mass is 10.0. The van der Waals surface area contributed by atoms with E-state index >= 15 is 0 Å². The second-order valence-electron chi connectivity index (χ2n) is 7.61. The maximum absolute atomic E-state index is 13.2. The van der Waals surface area contributed by atoms with Gasteiger partial charge in [0, 0.05) is 24.5 Å². The Morgan fingerprint density at radius 3 is 3.03 bits per heavy atom. The van der Waals surface area contributed by atoms with Crippen molar-refractivity contribution in [2.75, 3.05) is 32.8 Å². The molecule has 3 rings (SSSR count). The minimum absolute atomic E-state index is 0.0576. The molecule has 0 unspecified atom stereocenters. The first-order chi connectivity index (χ1) is 14.0. The van der Waals surface area contributed by atoms with E-state index in [1.165, 1.54) is 10.4 Å². The highest BCUT2D eigenvalue weighted by molar-refractivity contribution is 7.10. The lowest BCUT2D eigenvalue weighted by molar-refractivity contribution is -0.136. The van der Waals surface area contributed by atoms with Crippen molar-refractivity contribution in [2.45, 2.75) is 32.4 Å². The molecule has 5 nitrogen and oxygen atoms in total. The molecule has 2 heterocycles. The number of hydrogen-bond acceptors (Lipinski definition) is 5. The van der Waals surface area contributed by atoms with Crippen molar-refractivity contribution >= 4 is 17.2 Å². The van der Waals surface area contributed by atoms with E-state index in [4.69, 9.17) is 4.74 Å². The summed E-state index contributed by atoms with van der Waals surface area (Å²) >= 11 is 1.75. The lowest BCUT2D eigenvalue weighted by Crippen LogP contribution is -2.47. The van der Waals surface area contributed by atoms with Crippen LogP contribution in [0.2, 0.25) is 0 Å². The van der Waals surface area contributed by atoms with Gasteiger partial charge in [-0.05, 0) is 55.0 Å². The lowest BCUT2D eigenvalue weighted by Gasteiger charge is -2.37. The van der Waals surface area contributed by atoms with Gasteiger partial charge in [-0.2, -0.15) is 0 Å². The van der Waals surface area contributed by atoms with Crippen LogP contribution in [0.3, 0.4) is 0 Å². The summed E-state index contributed by atoms with van der Waals surface area (Å²) in [5.41, 5.74) is 2.33. The van der Waals surface area contributed by atoms with Gasteiger partial charge in [0.1, 0.15) is 12.4 Å². The van der Waals surface area contributed by atoms with E-state index in [9.17, 15) is 9.90 Å². The van der Waals surface area contributed by atoms with Gasteiger partial charge >= 0.3 is 0 Å². The van der Waals surface area contributed by atoms with Gasteiger partial charge in [-0.1, -0.05) is 18.2 Å². The molecule has 1 aliphatic rings. The van der Waals surface area contributed by atoms with Crippen LogP contribution in [0.15, 0.2) is 48.4 Å². The largest absolute Gasteiger partial charge is 0.491 e. The molecule has 1 aromatic heterocycles. The molecule has 0 saturated heterocycles. The monoisotopic (exact) mass is 414 g/mol. The van der Waals surface area contributed by atoms with Crippen molar-refractivity contribution in [1.29, 1.82) is 0 Å². The number of ether oxygens (including phenoxy) is 1. The van der Waals surface area contributed by atoms with Crippen molar-refractivity contribution in [3.63, 3.8) is 0 Å². The fraction of sp³-hybridized carbons (Fsp3) is 0.435. The predicted octanol–water partition coefficient (Wildman–Crippen LogP) is 3.43. The molecule has 0 bridgehead atoms. The SMILES string of the molecule is C=CCN(CC(=O)N1CCc2sccc2[C@@H]1COc1cccc(C)c1)C[C@@H](C)O. The number of carbonyl (C=O) groups excluding carboxylic acids is 1. The van der Waals surface area contributed by atoms with Gasteiger partial charge in [-0.25, -0.2) is 0 Å². The summed E-state index contributed by atoms with van der Waals surface area (Å²) in [7, 11) is 0. The van der Waals surface area contributed by atoms with Gasteiger partial charge in [-0.15, -0.1) is 17.9 Å². The first kappa shape index (κ1) is 21.6. The summed E-state index contributed by atoms with van der Waals surface area (Å²) in [6, 6.07) is 9.99. The Hall–Kier alpha value is -2.15. The standard InChI is InChI=1S/C23H30N2O3S/c1-4-10-24(14-18(3)26)15-23(27)25-11-8-22-20(9-12-29-22)21(25)16-28-19-7-5-6-17(2)13-19/h4-7,9,12-13,18,21,26H,1,8,10-11,14-16H2,2-3H3/t18-,21+/m1/s1. The van der Waals surface area contributed by atoms with Crippen molar-refractivity contribution < 1.29 is 14.6 Å². The minimum atomic E-state index is -0.493. The maximum Gasteiger partial charge on any atom is 0.237 e. The maximum atomic E-state index is 13.2. The molecular weight excluding hydrogens is 384 g/mol. The third kappa shape index (κ3) is 5.69. The summed E-state index contributed by atoms with van der Waals surface area (Å²) in [6.07, 6.45) is 2.15. The van der Waals surface area contributed by atoms with Crippen LogP contribution in [0.4, 0.5) is 0 Å². The van der Waals surface area contributed by atoms with Crippen molar-refractivity contribution in [2.24, 2.45) is 0 Å². The van der Waals surface area contributed by atoms with Crippen molar-refractivity contribution in [3.05, 3.63) is 64.4 Å². The van der Waals surface area contributed by atoms with Crippen LogP contribution in [0.5, 0.6) is 5.75 Å². The summed E-state index contributed by atoms with van der Waals surface area (Å²) in [5.74, 6) is 0.879. The zero-order valence-corrected chi connectivity index (χ0v) is 18.0. The van der Waals surface area contributed by atoms with Crippen LogP contribution in [-0.4, -0.2) is 59.7 Å². The molecule has 156 valence electrons. The quantitative estimate of drug-likeness (QED) is 0.639. The molecule has 29 heavy (non-hydrogen) atoms. The van der Waals surface area contributed by atoms with Crippen LogP contribution in [-0.2, 0) is 11.2 Å². The van der Waals surface area contributed by atoms with Crippen molar-refractivity contribution in [1.82, 2.24) is 9.80 Å². The van der Waals surface area contributed by atoms with Gasteiger partial charge in [0.25, 0.3) is 0 Å². The molecule has 2 aromatic rings. The molecule has 1 N–H and O–H groups in total. The first-order valence-corrected chi connectivity index (χ1v) is 10.9. The molecule has 1 aliphatic heterocycles. The van der Waals surface area contributed by atoms with E-state index in [2.05, 4.69) is 18.0 Å². The Morgan fingerprint density at radius 2 is 2.31 bits per heavy atom. The molecule has 0 radical (unpaired) electrons. The van der Waals surface area contributed by atoms with Crippen LogP contribution in [0.25, 0.3) is 0 Å². The highest BCUT2D eigenvalue weighted by Gasteiger charge is 2.32. The van der Waals surface area contributed by atoms with E-state index in [0.717, 1.165) is 17.7 Å². The minimum Gasteiger partial charge on any atom is -0.491 e. The smallest absolute Gasteiger partial charge is 0.237 e. The van der Waals surface area contributed by atoms with Gasteiger partial charge in [0.05, 0.1) is 18.7 Å². The van der Waals surface area contributed by atoms with Gasteiger partial charge in [0.2, 0.25) is 5.91 Å². The topological polar surface area (TPSA) is 53.0 Å². The summed E-state index contributed by atoms with van der Waals surface area (Å²) in [5, 5.41) is 11.8. The zero-order valence-electron chi connectivity index (χ0n) is 17.2. The van der Waals surface area contributed by atoms with Gasteiger partial charge in [0.15, 0.2) is 0 Å². The second kappa shape index (κ2) is 10.1. The number of aryl methyl sites for hydroxylation is 1. The Morgan fingerprint density at radius 1 is 1.48 bits per heavy atom. The number of amides is 1. The van der Waals surface area contributed by atoms with E-state index in [1.54, 1.807) is 24.3 Å². The molecule has 6 heteroatoms. The van der Waals surface area contributed by atoms with Crippen LogP contribution in [0, 0.1) is 6.92 Å². The third-order valence-corrected chi connectivity index (χ3v) is 6.08. The van der Waals surface area contributed by atoms with Crippen LogP contribution in [0.1, 0.15) is 29.0 Å². The average molecular weight is 415 g/mol.